The highest BCUT2D eigenvalue weighted by Gasteiger charge is 2.11. The standard InChI is InChI=1S/C12H13N2O3S2/c15-14-11-4-1-3-10(7-11)9-19(16,17)13-8-12-5-2-6-18-12/h1-7,13-14H,8-9H2/q-1. The molecule has 7 heteroatoms. The Morgan fingerprint density at radius 3 is 2.74 bits per heavy atom. The molecule has 0 bridgehead atoms. The second kappa shape index (κ2) is 6.16. The fraction of sp³-hybridized carbons (Fsp3) is 0.167. The SMILES string of the molecule is O=S(=O)(Cc1cccc(N[O-])c1)NCc1cccs1. The van der Waals surface area contributed by atoms with Gasteiger partial charge in [0.15, 0.2) is 0 Å². The first kappa shape index (κ1) is 14.0. The minimum absolute atomic E-state index is 0.145. The molecule has 5 nitrogen and oxygen atoms in total. The Morgan fingerprint density at radius 2 is 2.05 bits per heavy atom. The maximum atomic E-state index is 11.9. The van der Waals surface area contributed by atoms with Crippen molar-refractivity contribution in [1.29, 1.82) is 0 Å². The molecule has 0 saturated carbocycles. The molecular formula is C12H13N2O3S2-. The van der Waals surface area contributed by atoms with Crippen molar-refractivity contribution in [2.75, 3.05) is 5.48 Å². The molecule has 2 N–H and O–H groups in total. The van der Waals surface area contributed by atoms with Crippen molar-refractivity contribution in [2.24, 2.45) is 0 Å². The zero-order chi connectivity index (χ0) is 13.7. The maximum Gasteiger partial charge on any atom is 0.216 e. The van der Waals surface area contributed by atoms with Crippen molar-refractivity contribution >= 4 is 27.0 Å². The summed E-state index contributed by atoms with van der Waals surface area (Å²) in [5.74, 6) is -0.145. The van der Waals surface area contributed by atoms with E-state index in [2.05, 4.69) is 4.72 Å². The van der Waals surface area contributed by atoms with Crippen molar-refractivity contribution < 1.29 is 8.42 Å². The average Bonchev–Trinajstić information content (AvgIpc) is 2.89. The van der Waals surface area contributed by atoms with Gasteiger partial charge in [0.25, 0.3) is 0 Å². The second-order valence-corrected chi connectivity index (χ2v) is 6.80. The van der Waals surface area contributed by atoms with Gasteiger partial charge in [-0.1, -0.05) is 18.2 Å². The largest absolute Gasteiger partial charge is 0.761 e. The van der Waals surface area contributed by atoms with Crippen molar-refractivity contribution in [1.82, 2.24) is 4.72 Å². The van der Waals surface area contributed by atoms with Crippen LogP contribution >= 0.6 is 11.3 Å². The van der Waals surface area contributed by atoms with Crippen LogP contribution in [0.3, 0.4) is 0 Å². The predicted octanol–water partition coefficient (Wildman–Crippen LogP) is 2.28. The van der Waals surface area contributed by atoms with Crippen LogP contribution in [0.15, 0.2) is 41.8 Å². The molecule has 1 aromatic heterocycles. The summed E-state index contributed by atoms with van der Waals surface area (Å²) in [6.45, 7) is 0.291. The lowest BCUT2D eigenvalue weighted by Gasteiger charge is -2.11. The van der Waals surface area contributed by atoms with Crippen LogP contribution in [0, 0.1) is 5.21 Å². The van der Waals surface area contributed by atoms with E-state index in [9.17, 15) is 13.6 Å². The predicted molar refractivity (Wildman–Crippen MR) is 77.2 cm³/mol. The molecule has 102 valence electrons. The molecule has 2 rings (SSSR count). The summed E-state index contributed by atoms with van der Waals surface area (Å²) in [6, 6.07) is 10.2. The van der Waals surface area contributed by atoms with Gasteiger partial charge in [0, 0.05) is 17.1 Å². The highest BCUT2D eigenvalue weighted by Crippen LogP contribution is 2.13. The Bertz CT molecular complexity index is 624. The van der Waals surface area contributed by atoms with E-state index in [1.54, 1.807) is 23.7 Å². The summed E-state index contributed by atoms with van der Waals surface area (Å²) in [6.07, 6.45) is 0. The molecule has 0 radical (unpaired) electrons. The highest BCUT2D eigenvalue weighted by atomic mass is 32.2. The summed E-state index contributed by atoms with van der Waals surface area (Å²) >= 11 is 1.50. The molecule has 0 saturated heterocycles. The smallest absolute Gasteiger partial charge is 0.216 e. The normalized spacial score (nSPS) is 11.4. The fourth-order valence-electron chi connectivity index (χ4n) is 1.59. The maximum absolute atomic E-state index is 11.9. The molecule has 0 atom stereocenters. The van der Waals surface area contributed by atoms with Crippen LogP contribution in [0.1, 0.15) is 10.4 Å². The monoisotopic (exact) mass is 297 g/mol. The molecule has 0 fully saturated rings. The molecule has 0 aliphatic heterocycles. The van der Waals surface area contributed by atoms with Crippen molar-refractivity contribution in [2.45, 2.75) is 12.3 Å². The third-order valence-electron chi connectivity index (χ3n) is 2.45. The van der Waals surface area contributed by atoms with Gasteiger partial charge in [0.2, 0.25) is 10.0 Å². The van der Waals surface area contributed by atoms with Crippen LogP contribution in [0.5, 0.6) is 0 Å². The number of nitrogens with one attached hydrogen (secondary N) is 2. The summed E-state index contributed by atoms with van der Waals surface area (Å²) in [4.78, 5) is 0.957. The van der Waals surface area contributed by atoms with E-state index in [0.717, 1.165) is 4.88 Å². The van der Waals surface area contributed by atoms with Crippen LogP contribution in [-0.4, -0.2) is 8.42 Å². The molecule has 0 amide bonds. The Labute approximate surface area is 115 Å². The van der Waals surface area contributed by atoms with Crippen LogP contribution in [-0.2, 0) is 22.3 Å². The number of benzene rings is 1. The Balaban J connectivity index is 2.00. The topological polar surface area (TPSA) is 81.3 Å². The molecule has 0 aliphatic rings. The van der Waals surface area contributed by atoms with Crippen molar-refractivity contribution in [3.05, 3.63) is 57.4 Å². The summed E-state index contributed by atoms with van der Waals surface area (Å²) < 4.78 is 26.3. The van der Waals surface area contributed by atoms with Gasteiger partial charge in [-0.2, -0.15) is 0 Å². The van der Waals surface area contributed by atoms with Crippen molar-refractivity contribution in [3.63, 3.8) is 0 Å². The third-order valence-corrected chi connectivity index (χ3v) is 4.62. The van der Waals surface area contributed by atoms with Crippen molar-refractivity contribution in [3.8, 4) is 0 Å². The third kappa shape index (κ3) is 4.32. The summed E-state index contributed by atoms with van der Waals surface area (Å²) in [7, 11) is -3.41. The van der Waals surface area contributed by atoms with Gasteiger partial charge >= 0.3 is 0 Å². The number of anilines is 1. The van der Waals surface area contributed by atoms with E-state index < -0.39 is 10.0 Å². The number of hydrogen-bond acceptors (Lipinski definition) is 5. The first-order chi connectivity index (χ1) is 9.09. The lowest BCUT2D eigenvalue weighted by atomic mass is 10.2. The number of rotatable bonds is 6. The lowest BCUT2D eigenvalue weighted by Crippen LogP contribution is -2.24. The molecule has 2 aromatic rings. The Hall–Kier alpha value is -1.41. The average molecular weight is 297 g/mol. The zero-order valence-corrected chi connectivity index (χ0v) is 11.6. The molecular weight excluding hydrogens is 284 g/mol. The summed E-state index contributed by atoms with van der Waals surface area (Å²) in [5, 5.41) is 12.4. The minimum atomic E-state index is -3.41. The molecule has 0 unspecified atom stereocenters. The van der Waals surface area contributed by atoms with E-state index in [1.807, 2.05) is 17.5 Å². The van der Waals surface area contributed by atoms with E-state index in [1.165, 1.54) is 17.4 Å². The number of sulfonamides is 1. The van der Waals surface area contributed by atoms with E-state index >= 15 is 0 Å². The highest BCUT2D eigenvalue weighted by molar-refractivity contribution is 7.88. The van der Waals surface area contributed by atoms with E-state index in [-0.39, 0.29) is 5.75 Å². The first-order valence-corrected chi connectivity index (χ1v) is 8.09. The number of thiophene rings is 1. The lowest BCUT2D eigenvalue weighted by molar-refractivity contribution is 0.581. The van der Waals surface area contributed by atoms with Gasteiger partial charge in [-0.25, -0.2) is 13.1 Å². The van der Waals surface area contributed by atoms with Gasteiger partial charge in [-0.15, -0.1) is 11.3 Å². The number of hydrogen-bond donors (Lipinski definition) is 2. The second-order valence-electron chi connectivity index (χ2n) is 3.96. The molecule has 0 spiro atoms. The summed E-state index contributed by atoms with van der Waals surface area (Å²) in [5.41, 5.74) is 2.67. The van der Waals surface area contributed by atoms with E-state index in [0.29, 0.717) is 17.8 Å². The van der Waals surface area contributed by atoms with Gasteiger partial charge in [-0.05, 0) is 29.1 Å². The van der Waals surface area contributed by atoms with Gasteiger partial charge in [-0.3, -0.25) is 0 Å². The Morgan fingerprint density at radius 1 is 1.21 bits per heavy atom. The quantitative estimate of drug-likeness (QED) is 0.801. The van der Waals surface area contributed by atoms with Crippen LogP contribution in [0.2, 0.25) is 0 Å². The van der Waals surface area contributed by atoms with Crippen LogP contribution < -0.4 is 10.2 Å². The first-order valence-electron chi connectivity index (χ1n) is 5.56. The fourth-order valence-corrected chi connectivity index (χ4v) is 3.42. The van der Waals surface area contributed by atoms with Crippen LogP contribution in [0.4, 0.5) is 5.69 Å². The molecule has 1 heterocycles. The molecule has 1 aromatic carbocycles. The van der Waals surface area contributed by atoms with Gasteiger partial charge in [0.1, 0.15) is 0 Å². The van der Waals surface area contributed by atoms with E-state index in [4.69, 9.17) is 0 Å². The zero-order valence-electron chi connectivity index (χ0n) is 10.00. The molecule has 19 heavy (non-hydrogen) atoms. The van der Waals surface area contributed by atoms with Crippen LogP contribution in [0.25, 0.3) is 0 Å². The minimum Gasteiger partial charge on any atom is -0.761 e. The Kier molecular flexibility index (Phi) is 4.54. The molecule has 0 aliphatic carbocycles. The van der Waals surface area contributed by atoms with Gasteiger partial charge in [0.05, 0.1) is 5.75 Å². The van der Waals surface area contributed by atoms with Gasteiger partial charge < -0.3 is 10.7 Å².